The van der Waals surface area contributed by atoms with E-state index in [1.54, 1.807) is 0 Å². The van der Waals surface area contributed by atoms with Crippen LogP contribution in [0, 0.1) is 6.92 Å². The van der Waals surface area contributed by atoms with Gasteiger partial charge in [-0.3, -0.25) is 0 Å². The molecule has 70 valence electrons. The van der Waals surface area contributed by atoms with Gasteiger partial charge < -0.3 is 10.1 Å². The first-order valence-corrected chi connectivity index (χ1v) is 4.73. The molecule has 1 aliphatic heterocycles. The molecule has 0 saturated heterocycles. The Balaban J connectivity index is 2.39. The van der Waals surface area contributed by atoms with E-state index in [1.165, 1.54) is 11.1 Å². The van der Waals surface area contributed by atoms with Crippen LogP contribution in [0.2, 0.25) is 0 Å². The molecule has 0 amide bonds. The summed E-state index contributed by atoms with van der Waals surface area (Å²) in [4.78, 5) is 0. The molecule has 2 rings (SSSR count). The lowest BCUT2D eigenvalue weighted by molar-refractivity contribution is 0.226. The van der Waals surface area contributed by atoms with Crippen molar-refractivity contribution in [3.63, 3.8) is 0 Å². The van der Waals surface area contributed by atoms with E-state index in [1.807, 2.05) is 12.1 Å². The summed E-state index contributed by atoms with van der Waals surface area (Å²) in [6.07, 6.45) is 0.267. The molecule has 0 bridgehead atoms. The van der Waals surface area contributed by atoms with Gasteiger partial charge in [-0.25, -0.2) is 0 Å². The summed E-state index contributed by atoms with van der Waals surface area (Å²) in [6, 6.07) is 6.22. The van der Waals surface area contributed by atoms with E-state index in [9.17, 15) is 0 Å². The first kappa shape index (κ1) is 8.57. The fourth-order valence-corrected chi connectivity index (χ4v) is 1.67. The van der Waals surface area contributed by atoms with Gasteiger partial charge in [0, 0.05) is 18.7 Å². The molecule has 0 fully saturated rings. The van der Waals surface area contributed by atoms with Crippen LogP contribution in [0.4, 0.5) is 0 Å². The van der Waals surface area contributed by atoms with E-state index in [2.05, 4.69) is 25.2 Å². The second-order valence-electron chi connectivity index (χ2n) is 3.61. The molecule has 1 aromatic carbocycles. The topological polar surface area (TPSA) is 21.3 Å². The van der Waals surface area contributed by atoms with E-state index in [0.717, 1.165) is 18.8 Å². The van der Waals surface area contributed by atoms with Gasteiger partial charge in [0.25, 0.3) is 0 Å². The minimum absolute atomic E-state index is 0.267. The smallest absolute Gasteiger partial charge is 0.124 e. The van der Waals surface area contributed by atoms with Crippen molar-refractivity contribution in [1.29, 1.82) is 0 Å². The minimum atomic E-state index is 0.267. The van der Waals surface area contributed by atoms with E-state index in [0.29, 0.717) is 0 Å². The summed E-state index contributed by atoms with van der Waals surface area (Å²) in [7, 11) is 0. The molecule has 0 spiro atoms. The fraction of sp³-hybridized carbons (Fsp3) is 0.455. The third-order valence-electron chi connectivity index (χ3n) is 2.43. The third kappa shape index (κ3) is 1.68. The molecule has 0 unspecified atom stereocenters. The van der Waals surface area contributed by atoms with Crippen LogP contribution in [0.3, 0.4) is 0 Å². The van der Waals surface area contributed by atoms with Crippen LogP contribution in [-0.2, 0) is 6.54 Å². The van der Waals surface area contributed by atoms with E-state index < -0.39 is 0 Å². The maximum Gasteiger partial charge on any atom is 0.124 e. The Hall–Kier alpha value is -1.02. The number of rotatable bonds is 0. The number of hydrogen-bond donors (Lipinski definition) is 1. The maximum absolute atomic E-state index is 5.78. The highest BCUT2D eigenvalue weighted by Crippen LogP contribution is 2.24. The molecular weight excluding hydrogens is 162 g/mol. The van der Waals surface area contributed by atoms with Crippen molar-refractivity contribution < 1.29 is 4.74 Å². The highest BCUT2D eigenvalue weighted by molar-refractivity contribution is 5.40. The first-order valence-electron chi connectivity index (χ1n) is 4.73. The zero-order chi connectivity index (χ0) is 9.26. The lowest BCUT2D eigenvalue weighted by atomic mass is 10.1. The largest absolute Gasteiger partial charge is 0.489 e. The van der Waals surface area contributed by atoms with Crippen LogP contribution in [0.15, 0.2) is 18.2 Å². The van der Waals surface area contributed by atoms with Gasteiger partial charge in [-0.05, 0) is 25.5 Å². The number of aryl methyl sites for hydroxylation is 1. The molecule has 0 saturated carbocycles. The van der Waals surface area contributed by atoms with Crippen molar-refractivity contribution in [2.45, 2.75) is 26.5 Å². The molecule has 0 radical (unpaired) electrons. The SMILES string of the molecule is Cc1cccc2c1CNC[C@H](C)O2. The molecule has 1 N–H and O–H groups in total. The summed E-state index contributed by atoms with van der Waals surface area (Å²) in [5.41, 5.74) is 2.60. The molecule has 2 nitrogen and oxygen atoms in total. The van der Waals surface area contributed by atoms with Gasteiger partial charge in [-0.2, -0.15) is 0 Å². The Bertz CT molecular complexity index is 309. The highest BCUT2D eigenvalue weighted by atomic mass is 16.5. The van der Waals surface area contributed by atoms with Gasteiger partial charge in [0.2, 0.25) is 0 Å². The molecule has 0 aromatic heterocycles. The quantitative estimate of drug-likeness (QED) is 0.653. The van der Waals surface area contributed by atoms with Gasteiger partial charge in [0.05, 0.1) is 0 Å². The van der Waals surface area contributed by atoms with Gasteiger partial charge in [-0.15, -0.1) is 0 Å². The zero-order valence-electron chi connectivity index (χ0n) is 8.13. The summed E-state index contributed by atoms with van der Waals surface area (Å²) in [5, 5.41) is 3.37. The Morgan fingerprint density at radius 1 is 1.46 bits per heavy atom. The minimum Gasteiger partial charge on any atom is -0.489 e. The number of nitrogens with one attached hydrogen (secondary N) is 1. The molecule has 0 aliphatic carbocycles. The molecule has 1 aromatic rings. The van der Waals surface area contributed by atoms with Gasteiger partial charge in [-0.1, -0.05) is 12.1 Å². The number of hydrogen-bond acceptors (Lipinski definition) is 2. The van der Waals surface area contributed by atoms with Crippen LogP contribution < -0.4 is 10.1 Å². The Morgan fingerprint density at radius 3 is 3.15 bits per heavy atom. The molecular formula is C11H15NO. The molecule has 2 heteroatoms. The number of ether oxygens (including phenoxy) is 1. The van der Waals surface area contributed by atoms with Gasteiger partial charge >= 0.3 is 0 Å². The summed E-state index contributed by atoms with van der Waals surface area (Å²) < 4.78 is 5.78. The third-order valence-corrected chi connectivity index (χ3v) is 2.43. The van der Waals surface area contributed by atoms with Crippen molar-refractivity contribution in [2.75, 3.05) is 6.54 Å². The van der Waals surface area contributed by atoms with Crippen LogP contribution in [-0.4, -0.2) is 12.6 Å². The molecule has 1 heterocycles. The molecule has 1 atom stereocenters. The van der Waals surface area contributed by atoms with E-state index >= 15 is 0 Å². The van der Waals surface area contributed by atoms with E-state index in [-0.39, 0.29) is 6.10 Å². The van der Waals surface area contributed by atoms with Crippen molar-refractivity contribution in [2.24, 2.45) is 0 Å². The van der Waals surface area contributed by atoms with Crippen molar-refractivity contribution in [1.82, 2.24) is 5.32 Å². The second-order valence-corrected chi connectivity index (χ2v) is 3.61. The molecule has 13 heavy (non-hydrogen) atoms. The standard InChI is InChI=1S/C11H15NO/c1-8-4-3-5-11-10(8)7-12-6-9(2)13-11/h3-5,9,12H,6-7H2,1-2H3/t9-/m0/s1. The first-order chi connectivity index (χ1) is 6.27. The molecule has 1 aliphatic rings. The number of benzene rings is 1. The van der Waals surface area contributed by atoms with Crippen molar-refractivity contribution >= 4 is 0 Å². The Labute approximate surface area is 78.9 Å². The highest BCUT2D eigenvalue weighted by Gasteiger charge is 2.13. The average Bonchev–Trinajstić information content (AvgIpc) is 2.27. The van der Waals surface area contributed by atoms with Crippen molar-refractivity contribution in [3.05, 3.63) is 29.3 Å². The van der Waals surface area contributed by atoms with Crippen LogP contribution in [0.25, 0.3) is 0 Å². The Morgan fingerprint density at radius 2 is 2.31 bits per heavy atom. The zero-order valence-corrected chi connectivity index (χ0v) is 8.13. The second kappa shape index (κ2) is 3.38. The van der Waals surface area contributed by atoms with Crippen LogP contribution in [0.1, 0.15) is 18.1 Å². The van der Waals surface area contributed by atoms with E-state index in [4.69, 9.17) is 4.74 Å². The van der Waals surface area contributed by atoms with Crippen molar-refractivity contribution in [3.8, 4) is 5.75 Å². The lowest BCUT2D eigenvalue weighted by Crippen LogP contribution is -2.25. The number of fused-ring (bicyclic) bond motifs is 1. The van der Waals surface area contributed by atoms with Gasteiger partial charge in [0.15, 0.2) is 0 Å². The maximum atomic E-state index is 5.78. The predicted octanol–water partition coefficient (Wildman–Crippen LogP) is 1.87. The summed E-state index contributed by atoms with van der Waals surface area (Å²) in [6.45, 7) is 6.06. The fourth-order valence-electron chi connectivity index (χ4n) is 1.67. The van der Waals surface area contributed by atoms with Crippen LogP contribution >= 0.6 is 0 Å². The normalized spacial score (nSPS) is 21.5. The lowest BCUT2D eigenvalue weighted by Gasteiger charge is -2.12. The Kier molecular flexibility index (Phi) is 2.23. The van der Waals surface area contributed by atoms with Crippen LogP contribution in [0.5, 0.6) is 5.75 Å². The predicted molar refractivity (Wildman–Crippen MR) is 53.0 cm³/mol. The van der Waals surface area contributed by atoms with Gasteiger partial charge in [0.1, 0.15) is 11.9 Å². The monoisotopic (exact) mass is 177 g/mol. The average molecular weight is 177 g/mol. The summed E-state index contributed by atoms with van der Waals surface area (Å²) >= 11 is 0. The summed E-state index contributed by atoms with van der Waals surface area (Å²) in [5.74, 6) is 1.04.